The first-order valence-corrected chi connectivity index (χ1v) is 9.57. The van der Waals surface area contributed by atoms with Gasteiger partial charge in [-0.1, -0.05) is 30.3 Å². The lowest BCUT2D eigenvalue weighted by Gasteiger charge is -2.19. The SMILES string of the molecule is Cc1cccc(C)c1OCC(O)Cn1c(C2CCCO2)nc2ccccc21. The summed E-state index contributed by atoms with van der Waals surface area (Å²) >= 11 is 0. The van der Waals surface area contributed by atoms with Gasteiger partial charge in [-0.25, -0.2) is 4.98 Å². The molecule has 4 rings (SSSR count). The van der Waals surface area contributed by atoms with Gasteiger partial charge in [-0.2, -0.15) is 0 Å². The molecule has 27 heavy (non-hydrogen) atoms. The summed E-state index contributed by atoms with van der Waals surface area (Å²) in [4.78, 5) is 4.78. The van der Waals surface area contributed by atoms with Crippen molar-refractivity contribution in [3.8, 4) is 5.75 Å². The fourth-order valence-electron chi connectivity index (χ4n) is 3.78. The van der Waals surface area contributed by atoms with Gasteiger partial charge >= 0.3 is 0 Å². The molecule has 5 nitrogen and oxygen atoms in total. The first kappa shape index (κ1) is 18.0. The highest BCUT2D eigenvalue weighted by Crippen LogP contribution is 2.31. The van der Waals surface area contributed by atoms with Gasteiger partial charge in [0.1, 0.15) is 30.4 Å². The summed E-state index contributed by atoms with van der Waals surface area (Å²) in [5.41, 5.74) is 4.12. The maximum absolute atomic E-state index is 10.7. The van der Waals surface area contributed by atoms with Gasteiger partial charge in [0.2, 0.25) is 0 Å². The molecule has 1 N–H and O–H groups in total. The van der Waals surface area contributed by atoms with Gasteiger partial charge < -0.3 is 19.1 Å². The topological polar surface area (TPSA) is 56.5 Å². The summed E-state index contributed by atoms with van der Waals surface area (Å²) in [6.07, 6.45) is 1.38. The van der Waals surface area contributed by atoms with E-state index in [1.165, 1.54) is 0 Å². The zero-order chi connectivity index (χ0) is 18.8. The predicted molar refractivity (Wildman–Crippen MR) is 105 cm³/mol. The molecule has 1 aliphatic heterocycles. The molecule has 5 heteroatoms. The monoisotopic (exact) mass is 366 g/mol. The number of aliphatic hydroxyl groups excluding tert-OH is 1. The number of benzene rings is 2. The molecule has 1 fully saturated rings. The van der Waals surface area contributed by atoms with E-state index in [0.29, 0.717) is 6.54 Å². The van der Waals surface area contributed by atoms with E-state index in [1.807, 2.05) is 56.3 Å². The molecule has 1 saturated heterocycles. The molecule has 1 aliphatic rings. The first-order valence-electron chi connectivity index (χ1n) is 9.57. The van der Waals surface area contributed by atoms with Crippen LogP contribution in [-0.2, 0) is 11.3 Å². The van der Waals surface area contributed by atoms with E-state index < -0.39 is 6.10 Å². The van der Waals surface area contributed by atoms with E-state index in [9.17, 15) is 5.11 Å². The van der Waals surface area contributed by atoms with Crippen molar-refractivity contribution in [2.45, 2.75) is 45.4 Å². The predicted octanol–water partition coefficient (Wildman–Crippen LogP) is 3.94. The van der Waals surface area contributed by atoms with Gasteiger partial charge in [0.25, 0.3) is 0 Å². The van der Waals surface area contributed by atoms with Crippen LogP contribution in [0.5, 0.6) is 5.75 Å². The van der Waals surface area contributed by atoms with Crippen molar-refractivity contribution in [3.63, 3.8) is 0 Å². The van der Waals surface area contributed by atoms with Gasteiger partial charge in [-0.15, -0.1) is 0 Å². The Morgan fingerprint density at radius 1 is 1.19 bits per heavy atom. The molecule has 0 spiro atoms. The third-order valence-corrected chi connectivity index (χ3v) is 5.12. The summed E-state index contributed by atoms with van der Waals surface area (Å²) < 4.78 is 13.9. The van der Waals surface area contributed by atoms with Gasteiger partial charge in [-0.3, -0.25) is 0 Å². The minimum atomic E-state index is -0.637. The average Bonchev–Trinajstić information content (AvgIpc) is 3.30. The van der Waals surface area contributed by atoms with Crippen LogP contribution in [0.1, 0.15) is 35.9 Å². The lowest BCUT2D eigenvalue weighted by molar-refractivity contribution is 0.0802. The van der Waals surface area contributed by atoms with Crippen LogP contribution in [0, 0.1) is 13.8 Å². The highest BCUT2D eigenvalue weighted by atomic mass is 16.5. The van der Waals surface area contributed by atoms with Crippen LogP contribution in [0.4, 0.5) is 0 Å². The Labute approximate surface area is 159 Å². The third-order valence-electron chi connectivity index (χ3n) is 5.12. The molecule has 0 radical (unpaired) electrons. The van der Waals surface area contributed by atoms with Crippen LogP contribution in [0.2, 0.25) is 0 Å². The molecule has 0 bridgehead atoms. The second-order valence-corrected chi connectivity index (χ2v) is 7.26. The molecule has 2 aromatic carbocycles. The fraction of sp³-hybridized carbons (Fsp3) is 0.409. The molecule has 2 heterocycles. The molecular formula is C22H26N2O3. The lowest BCUT2D eigenvalue weighted by atomic mass is 10.1. The minimum absolute atomic E-state index is 0.00382. The summed E-state index contributed by atoms with van der Waals surface area (Å²) in [6.45, 7) is 5.48. The number of para-hydroxylation sites is 3. The smallest absolute Gasteiger partial charge is 0.139 e. The van der Waals surface area contributed by atoms with Crippen molar-refractivity contribution in [1.29, 1.82) is 0 Å². The van der Waals surface area contributed by atoms with Gasteiger partial charge in [0, 0.05) is 6.61 Å². The Morgan fingerprint density at radius 2 is 1.96 bits per heavy atom. The van der Waals surface area contributed by atoms with Crippen LogP contribution in [0.3, 0.4) is 0 Å². The molecule has 0 amide bonds. The molecule has 1 aromatic heterocycles. The van der Waals surface area contributed by atoms with E-state index in [2.05, 4.69) is 4.57 Å². The number of fused-ring (bicyclic) bond motifs is 1. The third kappa shape index (κ3) is 3.70. The maximum atomic E-state index is 10.7. The number of rotatable bonds is 6. The number of hydrogen-bond acceptors (Lipinski definition) is 4. The molecule has 2 atom stereocenters. The molecule has 3 aromatic rings. The Bertz CT molecular complexity index is 908. The van der Waals surface area contributed by atoms with Crippen molar-refractivity contribution in [2.75, 3.05) is 13.2 Å². The lowest BCUT2D eigenvalue weighted by Crippen LogP contribution is -2.25. The van der Waals surface area contributed by atoms with Gasteiger partial charge in [0.05, 0.1) is 17.6 Å². The molecule has 0 saturated carbocycles. The highest BCUT2D eigenvalue weighted by Gasteiger charge is 2.25. The van der Waals surface area contributed by atoms with Crippen LogP contribution in [0.15, 0.2) is 42.5 Å². The average molecular weight is 366 g/mol. The quantitative estimate of drug-likeness (QED) is 0.718. The Morgan fingerprint density at radius 3 is 2.70 bits per heavy atom. The van der Waals surface area contributed by atoms with Crippen molar-refractivity contribution < 1.29 is 14.6 Å². The van der Waals surface area contributed by atoms with Crippen LogP contribution >= 0.6 is 0 Å². The number of nitrogens with zero attached hydrogens (tertiary/aromatic N) is 2. The molecule has 0 aliphatic carbocycles. The zero-order valence-electron chi connectivity index (χ0n) is 15.9. The summed E-state index contributed by atoms with van der Waals surface area (Å²) in [7, 11) is 0. The minimum Gasteiger partial charge on any atom is -0.490 e. The van der Waals surface area contributed by atoms with E-state index in [0.717, 1.165) is 53.2 Å². The summed E-state index contributed by atoms with van der Waals surface area (Å²) in [6, 6.07) is 14.1. The first-order chi connectivity index (χ1) is 13.1. The van der Waals surface area contributed by atoms with Crippen LogP contribution < -0.4 is 4.74 Å². The number of aryl methyl sites for hydroxylation is 2. The van der Waals surface area contributed by atoms with Crippen molar-refractivity contribution in [1.82, 2.24) is 9.55 Å². The largest absolute Gasteiger partial charge is 0.490 e. The molecule has 142 valence electrons. The van der Waals surface area contributed by atoms with E-state index in [-0.39, 0.29) is 12.7 Å². The second-order valence-electron chi connectivity index (χ2n) is 7.26. The second kappa shape index (κ2) is 7.71. The van der Waals surface area contributed by atoms with Crippen molar-refractivity contribution in [2.24, 2.45) is 0 Å². The van der Waals surface area contributed by atoms with Crippen LogP contribution in [-0.4, -0.2) is 34.0 Å². The zero-order valence-corrected chi connectivity index (χ0v) is 15.9. The number of imidazole rings is 1. The maximum Gasteiger partial charge on any atom is 0.139 e. The van der Waals surface area contributed by atoms with Crippen molar-refractivity contribution in [3.05, 3.63) is 59.4 Å². The Hall–Kier alpha value is -2.37. The van der Waals surface area contributed by atoms with Crippen LogP contribution in [0.25, 0.3) is 11.0 Å². The van der Waals surface area contributed by atoms with Crippen molar-refractivity contribution >= 4 is 11.0 Å². The summed E-state index contributed by atoms with van der Waals surface area (Å²) in [5.74, 6) is 1.76. The summed E-state index contributed by atoms with van der Waals surface area (Å²) in [5, 5.41) is 10.7. The normalized spacial score (nSPS) is 18.1. The Kier molecular flexibility index (Phi) is 5.14. The molecule has 2 unspecified atom stereocenters. The van der Waals surface area contributed by atoms with E-state index in [4.69, 9.17) is 14.5 Å². The van der Waals surface area contributed by atoms with Gasteiger partial charge in [0.15, 0.2) is 0 Å². The highest BCUT2D eigenvalue weighted by molar-refractivity contribution is 5.76. The van der Waals surface area contributed by atoms with Gasteiger partial charge in [-0.05, 0) is 49.9 Å². The number of hydrogen-bond donors (Lipinski definition) is 1. The van der Waals surface area contributed by atoms with E-state index >= 15 is 0 Å². The standard InChI is InChI=1S/C22H26N2O3/c1-15-7-5-8-16(2)21(15)27-14-17(25)13-24-19-10-4-3-9-18(19)23-22(24)20-11-6-12-26-20/h3-5,7-10,17,20,25H,6,11-14H2,1-2H3. The van der Waals surface area contributed by atoms with E-state index in [1.54, 1.807) is 0 Å². The number of aliphatic hydroxyl groups is 1. The number of aromatic nitrogens is 2. The Balaban J connectivity index is 1.54. The number of ether oxygens (including phenoxy) is 2. The fourth-order valence-corrected chi connectivity index (χ4v) is 3.78. The molecular weight excluding hydrogens is 340 g/mol.